The molecule has 0 saturated heterocycles. The number of nitrogens with one attached hydrogen (secondary N) is 2. The molecule has 0 atom stereocenters. The molecule has 0 bridgehead atoms. The zero-order chi connectivity index (χ0) is 23.2. The molecule has 0 radical (unpaired) electrons. The molecule has 5 nitrogen and oxygen atoms in total. The summed E-state index contributed by atoms with van der Waals surface area (Å²) in [6.07, 6.45) is 6.45. The highest BCUT2D eigenvalue weighted by molar-refractivity contribution is 6.33. The highest BCUT2D eigenvalue weighted by Crippen LogP contribution is 2.33. The number of anilines is 1. The molecular formula is C26H28ClFN4O. The zero-order valence-corrected chi connectivity index (χ0v) is 19.4. The van der Waals surface area contributed by atoms with Crippen molar-refractivity contribution < 1.29 is 9.18 Å². The van der Waals surface area contributed by atoms with Crippen molar-refractivity contribution >= 4 is 23.3 Å². The average molecular weight is 467 g/mol. The van der Waals surface area contributed by atoms with E-state index in [-0.39, 0.29) is 17.6 Å². The minimum absolute atomic E-state index is 0.131. The van der Waals surface area contributed by atoms with Crippen molar-refractivity contribution in [1.29, 1.82) is 0 Å². The molecule has 2 aromatic heterocycles. The molecule has 1 aliphatic rings. The van der Waals surface area contributed by atoms with E-state index in [2.05, 4.69) is 15.6 Å². The topological polar surface area (TPSA) is 66.9 Å². The van der Waals surface area contributed by atoms with Gasteiger partial charge in [-0.3, -0.25) is 9.78 Å². The molecule has 0 spiro atoms. The van der Waals surface area contributed by atoms with E-state index in [1.807, 2.05) is 30.3 Å². The molecule has 3 aromatic rings. The van der Waals surface area contributed by atoms with Crippen molar-refractivity contribution in [1.82, 2.24) is 15.3 Å². The third kappa shape index (κ3) is 6.08. The number of aromatic nitrogens is 2. The predicted molar refractivity (Wildman–Crippen MR) is 129 cm³/mol. The number of pyridine rings is 2. The van der Waals surface area contributed by atoms with E-state index >= 15 is 0 Å². The number of nitrogens with zero attached hydrogens (tertiary/aromatic N) is 2. The van der Waals surface area contributed by atoms with Crippen LogP contribution in [0.5, 0.6) is 0 Å². The van der Waals surface area contributed by atoms with E-state index < -0.39 is 0 Å². The summed E-state index contributed by atoms with van der Waals surface area (Å²) in [6.45, 7) is 0.474. The first-order valence-electron chi connectivity index (χ1n) is 11.3. The van der Waals surface area contributed by atoms with Crippen LogP contribution in [0, 0.1) is 17.7 Å². The summed E-state index contributed by atoms with van der Waals surface area (Å²) in [7, 11) is 1.70. The molecule has 1 aliphatic carbocycles. The SMILES string of the molecule is CNC(=O)C1CCC(Cc2cc(-c3cccc(NCc4cccc(F)c4)n3)c(Cl)cn2)CC1. The van der Waals surface area contributed by atoms with Crippen LogP contribution in [0.3, 0.4) is 0 Å². The lowest BCUT2D eigenvalue weighted by atomic mass is 9.79. The molecule has 1 amide bonds. The molecule has 4 rings (SSSR count). The summed E-state index contributed by atoms with van der Waals surface area (Å²) in [4.78, 5) is 21.1. The molecule has 1 saturated carbocycles. The molecular weight excluding hydrogens is 439 g/mol. The maximum absolute atomic E-state index is 13.4. The predicted octanol–water partition coefficient (Wildman–Crippen LogP) is 5.64. The molecule has 172 valence electrons. The first kappa shape index (κ1) is 23.2. The highest BCUT2D eigenvalue weighted by Gasteiger charge is 2.26. The van der Waals surface area contributed by atoms with Crippen LogP contribution in [-0.4, -0.2) is 22.9 Å². The molecule has 1 fully saturated rings. The third-order valence-corrected chi connectivity index (χ3v) is 6.56. The number of carbonyl (C=O) groups is 1. The third-order valence-electron chi connectivity index (χ3n) is 6.26. The van der Waals surface area contributed by atoms with E-state index in [0.29, 0.717) is 23.3 Å². The smallest absolute Gasteiger partial charge is 0.222 e. The second-order valence-electron chi connectivity index (χ2n) is 8.58. The number of benzene rings is 1. The van der Waals surface area contributed by atoms with Crippen LogP contribution in [0.1, 0.15) is 36.9 Å². The van der Waals surface area contributed by atoms with E-state index in [0.717, 1.165) is 54.6 Å². The van der Waals surface area contributed by atoms with Crippen LogP contribution in [-0.2, 0) is 17.8 Å². The Morgan fingerprint density at radius 1 is 1.12 bits per heavy atom. The van der Waals surface area contributed by atoms with E-state index in [4.69, 9.17) is 16.6 Å². The Kier molecular flexibility index (Phi) is 7.55. The molecule has 7 heteroatoms. The second kappa shape index (κ2) is 10.8. The first-order valence-corrected chi connectivity index (χ1v) is 11.7. The van der Waals surface area contributed by atoms with Crippen molar-refractivity contribution in [2.75, 3.05) is 12.4 Å². The van der Waals surface area contributed by atoms with Gasteiger partial charge in [-0.25, -0.2) is 9.37 Å². The van der Waals surface area contributed by atoms with Crippen LogP contribution >= 0.6 is 11.6 Å². The lowest BCUT2D eigenvalue weighted by Crippen LogP contribution is -2.30. The Labute approximate surface area is 198 Å². The quantitative estimate of drug-likeness (QED) is 0.472. The largest absolute Gasteiger partial charge is 0.366 e. The molecule has 0 aliphatic heterocycles. The standard InChI is InChI=1S/C26H28ClFN4O/c1-29-26(33)19-10-8-17(9-11-19)13-21-14-22(23(27)16-30-21)24-6-3-7-25(32-24)31-15-18-4-2-5-20(28)12-18/h2-7,12,14,16-17,19H,8-11,13,15H2,1H3,(H,29,33)(H,31,32). The molecule has 1 aromatic carbocycles. The van der Waals surface area contributed by atoms with Gasteiger partial charge in [-0.15, -0.1) is 0 Å². The lowest BCUT2D eigenvalue weighted by molar-refractivity contribution is -0.125. The van der Waals surface area contributed by atoms with Gasteiger partial charge >= 0.3 is 0 Å². The van der Waals surface area contributed by atoms with Crippen LogP contribution in [0.4, 0.5) is 10.2 Å². The molecule has 0 unspecified atom stereocenters. The number of carbonyl (C=O) groups excluding carboxylic acids is 1. The van der Waals surface area contributed by atoms with Crippen LogP contribution in [0.15, 0.2) is 54.7 Å². The van der Waals surface area contributed by atoms with Gasteiger partial charge in [-0.2, -0.15) is 0 Å². The summed E-state index contributed by atoms with van der Waals surface area (Å²) in [6, 6.07) is 14.2. The minimum Gasteiger partial charge on any atom is -0.366 e. The van der Waals surface area contributed by atoms with Crippen LogP contribution in [0.2, 0.25) is 5.02 Å². The van der Waals surface area contributed by atoms with E-state index in [9.17, 15) is 9.18 Å². The monoisotopic (exact) mass is 466 g/mol. The fraction of sp³-hybridized carbons (Fsp3) is 0.346. The van der Waals surface area contributed by atoms with Crippen molar-refractivity contribution in [3.05, 3.63) is 76.8 Å². The number of rotatable bonds is 7. The van der Waals surface area contributed by atoms with E-state index in [1.165, 1.54) is 12.1 Å². The van der Waals surface area contributed by atoms with Gasteiger partial charge in [0.15, 0.2) is 0 Å². The van der Waals surface area contributed by atoms with Crippen LogP contribution < -0.4 is 10.6 Å². The Hall–Kier alpha value is -2.99. The second-order valence-corrected chi connectivity index (χ2v) is 8.99. The van der Waals surface area contributed by atoms with Crippen molar-refractivity contribution in [2.24, 2.45) is 11.8 Å². The van der Waals surface area contributed by atoms with Crippen molar-refractivity contribution in [3.63, 3.8) is 0 Å². The summed E-state index contributed by atoms with van der Waals surface area (Å²) in [5.74, 6) is 1.23. The Morgan fingerprint density at radius 3 is 2.67 bits per heavy atom. The van der Waals surface area contributed by atoms with Crippen LogP contribution in [0.25, 0.3) is 11.3 Å². The summed E-state index contributed by atoms with van der Waals surface area (Å²) in [5, 5.41) is 6.56. The molecule has 33 heavy (non-hydrogen) atoms. The fourth-order valence-electron chi connectivity index (χ4n) is 4.44. The number of halogens is 2. The molecule has 2 N–H and O–H groups in total. The summed E-state index contributed by atoms with van der Waals surface area (Å²) < 4.78 is 13.4. The van der Waals surface area contributed by atoms with Crippen molar-refractivity contribution in [3.8, 4) is 11.3 Å². The lowest BCUT2D eigenvalue weighted by Gasteiger charge is -2.27. The van der Waals surface area contributed by atoms with Gasteiger partial charge in [0.2, 0.25) is 5.91 Å². The maximum atomic E-state index is 13.4. The Morgan fingerprint density at radius 2 is 1.91 bits per heavy atom. The average Bonchev–Trinajstić information content (AvgIpc) is 2.84. The Balaban J connectivity index is 1.43. The fourth-order valence-corrected chi connectivity index (χ4v) is 4.64. The summed E-state index contributed by atoms with van der Waals surface area (Å²) in [5.41, 5.74) is 3.43. The van der Waals surface area contributed by atoms with E-state index in [1.54, 1.807) is 19.3 Å². The first-order chi connectivity index (χ1) is 16.0. The summed E-state index contributed by atoms with van der Waals surface area (Å²) >= 11 is 6.48. The number of hydrogen-bond donors (Lipinski definition) is 2. The van der Waals surface area contributed by atoms with Gasteiger partial charge in [-0.1, -0.05) is 29.8 Å². The minimum atomic E-state index is -0.255. The highest BCUT2D eigenvalue weighted by atomic mass is 35.5. The molecule has 2 heterocycles. The Bertz CT molecular complexity index is 1110. The van der Waals surface area contributed by atoms with Gasteiger partial charge in [-0.05, 0) is 73.9 Å². The maximum Gasteiger partial charge on any atom is 0.222 e. The van der Waals surface area contributed by atoms with Crippen molar-refractivity contribution in [2.45, 2.75) is 38.6 Å². The van der Waals surface area contributed by atoms with Gasteiger partial charge in [0.05, 0.1) is 10.7 Å². The number of hydrogen-bond acceptors (Lipinski definition) is 4. The zero-order valence-electron chi connectivity index (χ0n) is 18.7. The van der Waals surface area contributed by atoms with Gasteiger partial charge in [0.1, 0.15) is 11.6 Å². The van der Waals surface area contributed by atoms with Gasteiger partial charge < -0.3 is 10.6 Å². The normalized spacial score (nSPS) is 18.0. The van der Waals surface area contributed by atoms with Gasteiger partial charge in [0.25, 0.3) is 0 Å². The van der Waals surface area contributed by atoms with Gasteiger partial charge in [0, 0.05) is 37.0 Å². The number of amides is 1.